The average molecular weight is 378 g/mol. The van der Waals surface area contributed by atoms with Gasteiger partial charge in [0.1, 0.15) is 5.00 Å². The number of carbonyl (C=O) groups excluding carboxylic acids is 2. The Balaban J connectivity index is 1.37. The molecule has 142 valence electrons. The number of hydrogen-bond donors (Lipinski definition) is 2. The highest BCUT2D eigenvalue weighted by molar-refractivity contribution is 7.17. The summed E-state index contributed by atoms with van der Waals surface area (Å²) >= 11 is 1.43. The number of ether oxygens (including phenoxy) is 1. The van der Waals surface area contributed by atoms with Crippen molar-refractivity contribution in [2.75, 3.05) is 51.7 Å². The lowest BCUT2D eigenvalue weighted by Gasteiger charge is -2.32. The van der Waals surface area contributed by atoms with Crippen molar-refractivity contribution in [3.05, 3.63) is 16.0 Å². The summed E-state index contributed by atoms with van der Waals surface area (Å²) in [5.74, 6) is 0.0229. The van der Waals surface area contributed by atoms with E-state index in [1.54, 1.807) is 0 Å². The van der Waals surface area contributed by atoms with Crippen LogP contribution in [-0.4, -0.2) is 68.0 Å². The zero-order chi connectivity index (χ0) is 18.3. The summed E-state index contributed by atoms with van der Waals surface area (Å²) in [6, 6.07) is 0. The number of hydrogen-bond acceptors (Lipinski definition) is 6. The second-order valence-corrected chi connectivity index (χ2v) is 8.68. The van der Waals surface area contributed by atoms with Gasteiger partial charge in [-0.1, -0.05) is 0 Å². The number of piperazine rings is 1. The van der Waals surface area contributed by atoms with Gasteiger partial charge in [-0.15, -0.1) is 11.3 Å². The fourth-order valence-electron chi connectivity index (χ4n) is 3.92. The Morgan fingerprint density at radius 3 is 2.81 bits per heavy atom. The smallest absolute Gasteiger partial charge is 0.251 e. The summed E-state index contributed by atoms with van der Waals surface area (Å²) in [5, 5.41) is 3.58. The third-order valence-corrected chi connectivity index (χ3v) is 6.77. The molecule has 0 aromatic carbocycles. The molecule has 1 saturated heterocycles. The molecule has 1 saturated carbocycles. The molecular formula is C18H26N4O3S. The van der Waals surface area contributed by atoms with Crippen LogP contribution in [0, 0.1) is 11.8 Å². The Bertz CT molecular complexity index is 712. The molecule has 3 aliphatic rings. The van der Waals surface area contributed by atoms with Gasteiger partial charge in [0.15, 0.2) is 0 Å². The van der Waals surface area contributed by atoms with Crippen LogP contribution in [0.15, 0.2) is 0 Å². The first-order valence-electron chi connectivity index (χ1n) is 9.26. The summed E-state index contributed by atoms with van der Waals surface area (Å²) in [6.45, 7) is 6.40. The molecule has 8 heteroatoms. The predicted octanol–water partition coefficient (Wildman–Crippen LogP) is 0.742. The zero-order valence-corrected chi connectivity index (χ0v) is 15.9. The van der Waals surface area contributed by atoms with Gasteiger partial charge in [0, 0.05) is 43.5 Å². The van der Waals surface area contributed by atoms with E-state index in [0.717, 1.165) is 49.6 Å². The van der Waals surface area contributed by atoms with Gasteiger partial charge in [0.25, 0.3) is 5.91 Å². The van der Waals surface area contributed by atoms with Crippen LogP contribution in [0.1, 0.15) is 27.2 Å². The first kappa shape index (κ1) is 17.9. The number of thiophene rings is 1. The largest absolute Gasteiger partial charge is 0.376 e. The SMILES string of the molecule is CN1CCN(CC2CC2C(=O)Nc2sc3c(c2C(N)=O)CCOC3)CC1. The lowest BCUT2D eigenvalue weighted by atomic mass is 10.1. The van der Waals surface area contributed by atoms with Crippen LogP contribution in [0.2, 0.25) is 0 Å². The second-order valence-electron chi connectivity index (χ2n) is 7.57. The van der Waals surface area contributed by atoms with Gasteiger partial charge >= 0.3 is 0 Å². The molecule has 3 heterocycles. The van der Waals surface area contributed by atoms with E-state index >= 15 is 0 Å². The van der Waals surface area contributed by atoms with Gasteiger partial charge in [0.05, 0.1) is 18.8 Å². The van der Waals surface area contributed by atoms with Crippen LogP contribution in [0.5, 0.6) is 0 Å². The van der Waals surface area contributed by atoms with Crippen molar-refractivity contribution < 1.29 is 14.3 Å². The van der Waals surface area contributed by atoms with Gasteiger partial charge in [-0.3, -0.25) is 9.59 Å². The second kappa shape index (κ2) is 7.26. The number of amides is 2. The summed E-state index contributed by atoms with van der Waals surface area (Å²) in [5.41, 5.74) is 7.01. The Morgan fingerprint density at radius 1 is 1.31 bits per heavy atom. The minimum Gasteiger partial charge on any atom is -0.376 e. The van der Waals surface area contributed by atoms with E-state index < -0.39 is 5.91 Å². The van der Waals surface area contributed by atoms with E-state index in [0.29, 0.717) is 36.1 Å². The van der Waals surface area contributed by atoms with Crippen molar-refractivity contribution in [2.24, 2.45) is 17.6 Å². The van der Waals surface area contributed by atoms with E-state index in [9.17, 15) is 9.59 Å². The molecule has 2 aliphatic heterocycles. The minimum absolute atomic E-state index is 0.0196. The minimum atomic E-state index is -0.468. The van der Waals surface area contributed by atoms with E-state index in [4.69, 9.17) is 10.5 Å². The van der Waals surface area contributed by atoms with Crippen molar-refractivity contribution in [1.29, 1.82) is 0 Å². The first-order chi connectivity index (χ1) is 12.5. The highest BCUT2D eigenvalue weighted by Gasteiger charge is 2.44. The number of anilines is 1. The number of primary amides is 1. The molecule has 1 aromatic rings. The number of nitrogens with zero attached hydrogens (tertiary/aromatic N) is 2. The predicted molar refractivity (Wildman–Crippen MR) is 100 cm³/mol. The fourth-order valence-corrected chi connectivity index (χ4v) is 5.11. The van der Waals surface area contributed by atoms with Crippen LogP contribution >= 0.6 is 11.3 Å². The Labute approximate surface area is 157 Å². The molecule has 3 N–H and O–H groups in total. The zero-order valence-electron chi connectivity index (χ0n) is 15.1. The first-order valence-corrected chi connectivity index (χ1v) is 10.1. The number of nitrogens with one attached hydrogen (secondary N) is 1. The van der Waals surface area contributed by atoms with E-state index in [1.807, 2.05) is 0 Å². The normalized spacial score (nSPS) is 26.3. The van der Waals surface area contributed by atoms with Gasteiger partial charge in [-0.05, 0) is 31.4 Å². The topological polar surface area (TPSA) is 87.9 Å². The Hall–Kier alpha value is -1.48. The molecule has 26 heavy (non-hydrogen) atoms. The van der Waals surface area contributed by atoms with E-state index in [2.05, 4.69) is 22.2 Å². The van der Waals surface area contributed by atoms with Crippen molar-refractivity contribution in [3.63, 3.8) is 0 Å². The van der Waals surface area contributed by atoms with Crippen LogP contribution in [-0.2, 0) is 22.6 Å². The molecule has 0 radical (unpaired) electrons. The Morgan fingerprint density at radius 2 is 2.08 bits per heavy atom. The van der Waals surface area contributed by atoms with E-state index in [-0.39, 0.29) is 11.8 Å². The molecule has 7 nitrogen and oxygen atoms in total. The molecule has 2 atom stereocenters. The van der Waals surface area contributed by atoms with Gasteiger partial charge < -0.3 is 25.6 Å². The lowest BCUT2D eigenvalue weighted by Crippen LogP contribution is -2.45. The summed E-state index contributed by atoms with van der Waals surface area (Å²) in [4.78, 5) is 30.3. The van der Waals surface area contributed by atoms with Gasteiger partial charge in [0.2, 0.25) is 5.91 Å². The van der Waals surface area contributed by atoms with Crippen molar-refractivity contribution in [3.8, 4) is 0 Å². The summed E-state index contributed by atoms with van der Waals surface area (Å²) < 4.78 is 5.45. The number of nitrogens with two attached hydrogens (primary N) is 1. The molecule has 2 fully saturated rings. The lowest BCUT2D eigenvalue weighted by molar-refractivity contribution is -0.117. The molecule has 4 rings (SSSR count). The van der Waals surface area contributed by atoms with Crippen LogP contribution in [0.25, 0.3) is 0 Å². The highest BCUT2D eigenvalue weighted by atomic mass is 32.1. The van der Waals surface area contributed by atoms with E-state index in [1.165, 1.54) is 11.3 Å². The maximum absolute atomic E-state index is 12.7. The molecule has 0 spiro atoms. The Kier molecular flexibility index (Phi) is 5.00. The molecule has 0 bridgehead atoms. The summed E-state index contributed by atoms with van der Waals surface area (Å²) in [7, 11) is 2.15. The molecule has 1 aliphatic carbocycles. The molecule has 1 aromatic heterocycles. The molecular weight excluding hydrogens is 352 g/mol. The van der Waals surface area contributed by atoms with Crippen LogP contribution < -0.4 is 11.1 Å². The number of fused-ring (bicyclic) bond motifs is 1. The number of likely N-dealkylation sites (N-methyl/N-ethyl adjacent to an activating group) is 1. The van der Waals surface area contributed by atoms with Gasteiger partial charge in [-0.25, -0.2) is 0 Å². The molecule has 2 amide bonds. The maximum atomic E-state index is 12.7. The van der Waals surface area contributed by atoms with Crippen molar-refractivity contribution >= 4 is 28.2 Å². The highest BCUT2D eigenvalue weighted by Crippen LogP contribution is 2.42. The summed E-state index contributed by atoms with van der Waals surface area (Å²) in [6.07, 6.45) is 1.60. The maximum Gasteiger partial charge on any atom is 0.251 e. The standard InChI is InChI=1S/C18H26N4O3S/c1-21-3-5-22(6-4-21)9-11-8-13(11)17(24)20-18-15(16(19)23)12-2-7-25-10-14(12)26-18/h11,13H,2-10H2,1H3,(H2,19,23)(H,20,24). The van der Waals surface area contributed by atoms with Crippen molar-refractivity contribution in [1.82, 2.24) is 9.80 Å². The van der Waals surface area contributed by atoms with Crippen molar-refractivity contribution in [2.45, 2.75) is 19.4 Å². The fraction of sp³-hybridized carbons (Fsp3) is 0.667. The molecule has 2 unspecified atom stereocenters. The number of rotatable bonds is 5. The quantitative estimate of drug-likeness (QED) is 0.789. The van der Waals surface area contributed by atoms with Crippen LogP contribution in [0.4, 0.5) is 5.00 Å². The monoisotopic (exact) mass is 378 g/mol. The number of carbonyl (C=O) groups is 2. The average Bonchev–Trinajstić information content (AvgIpc) is 3.28. The third-order valence-electron chi connectivity index (χ3n) is 5.65. The van der Waals surface area contributed by atoms with Crippen LogP contribution in [0.3, 0.4) is 0 Å². The van der Waals surface area contributed by atoms with Gasteiger partial charge in [-0.2, -0.15) is 0 Å². The third kappa shape index (κ3) is 3.64.